The Morgan fingerprint density at radius 1 is 1.41 bits per heavy atom. The number of rotatable bonds is 6. The molecule has 0 aliphatic carbocycles. The third-order valence-electron chi connectivity index (χ3n) is 2.91. The van der Waals surface area contributed by atoms with Crippen LogP contribution >= 0.6 is 0 Å². The predicted octanol–water partition coefficient (Wildman–Crippen LogP) is 3.37. The third-order valence-corrected chi connectivity index (χ3v) is 2.91. The lowest BCUT2D eigenvalue weighted by Gasteiger charge is -2.14. The summed E-state index contributed by atoms with van der Waals surface area (Å²) in [5.74, 6) is -1.00. The molecule has 0 radical (unpaired) electrons. The third kappa shape index (κ3) is 4.52. The maximum atomic E-state index is 12.6. The molecule has 1 heterocycles. The average Bonchev–Trinajstić information content (AvgIpc) is 3.18. The lowest BCUT2D eigenvalue weighted by molar-refractivity contribution is -0.137. The van der Waals surface area contributed by atoms with Crippen LogP contribution < -0.4 is 4.74 Å². The Morgan fingerprint density at radius 2 is 2.14 bits per heavy atom. The van der Waals surface area contributed by atoms with Crippen LogP contribution in [0.1, 0.15) is 18.9 Å². The van der Waals surface area contributed by atoms with Crippen LogP contribution in [0, 0.1) is 0 Å². The van der Waals surface area contributed by atoms with Crippen molar-refractivity contribution in [1.29, 1.82) is 0 Å². The molecule has 2 rings (SSSR count). The second-order valence-electron chi connectivity index (χ2n) is 4.61. The van der Waals surface area contributed by atoms with E-state index in [0.29, 0.717) is 0 Å². The molecule has 0 N–H and O–H groups in total. The highest BCUT2D eigenvalue weighted by Crippen LogP contribution is 2.34. The van der Waals surface area contributed by atoms with Crippen LogP contribution in [0.2, 0.25) is 0 Å². The lowest BCUT2D eigenvalue weighted by atomic mass is 10.2. The summed E-state index contributed by atoms with van der Waals surface area (Å²) in [6.45, 7) is 2.06. The van der Waals surface area contributed by atoms with Gasteiger partial charge in [0.05, 0.1) is 18.8 Å². The molecule has 1 atom stereocenters. The zero-order valence-electron chi connectivity index (χ0n) is 11.8. The molecule has 22 heavy (non-hydrogen) atoms. The van der Waals surface area contributed by atoms with E-state index in [1.807, 2.05) is 0 Å². The molecule has 1 unspecified atom stereocenters. The van der Waals surface area contributed by atoms with Crippen molar-refractivity contribution < 1.29 is 36.9 Å². The van der Waals surface area contributed by atoms with Crippen molar-refractivity contribution in [2.24, 2.45) is 0 Å². The second-order valence-corrected chi connectivity index (χ2v) is 4.61. The predicted molar refractivity (Wildman–Crippen MR) is 68.3 cm³/mol. The van der Waals surface area contributed by atoms with Crippen molar-refractivity contribution in [1.82, 2.24) is 0 Å². The molecule has 1 fully saturated rings. The molecule has 122 valence electrons. The SMILES string of the molecule is CCOC(=O)OC1(CCOc2cccc(C(F)(F)F)c2)CO1. The first-order valence-corrected chi connectivity index (χ1v) is 6.64. The largest absolute Gasteiger partial charge is 0.510 e. The van der Waals surface area contributed by atoms with Crippen molar-refractivity contribution in [2.75, 3.05) is 19.8 Å². The number of carbonyl (C=O) groups is 1. The van der Waals surface area contributed by atoms with Crippen LogP contribution in [0.4, 0.5) is 18.0 Å². The van der Waals surface area contributed by atoms with Crippen LogP contribution in [0.25, 0.3) is 0 Å². The van der Waals surface area contributed by atoms with Crippen molar-refractivity contribution >= 4 is 6.16 Å². The van der Waals surface area contributed by atoms with E-state index in [0.717, 1.165) is 12.1 Å². The van der Waals surface area contributed by atoms with E-state index in [-0.39, 0.29) is 32.0 Å². The van der Waals surface area contributed by atoms with E-state index in [4.69, 9.17) is 14.2 Å². The first kappa shape index (κ1) is 16.4. The van der Waals surface area contributed by atoms with Gasteiger partial charge in [-0.05, 0) is 25.1 Å². The Bertz CT molecular complexity index is 525. The molecule has 0 saturated carbocycles. The van der Waals surface area contributed by atoms with Gasteiger partial charge in [0.15, 0.2) is 0 Å². The molecule has 1 aromatic rings. The van der Waals surface area contributed by atoms with Crippen molar-refractivity contribution in [3.05, 3.63) is 29.8 Å². The van der Waals surface area contributed by atoms with E-state index in [1.165, 1.54) is 12.1 Å². The molecule has 1 aromatic carbocycles. The Morgan fingerprint density at radius 3 is 2.73 bits per heavy atom. The van der Waals surface area contributed by atoms with Gasteiger partial charge in [0.1, 0.15) is 12.4 Å². The number of halogens is 3. The molecule has 0 bridgehead atoms. The summed E-state index contributed by atoms with van der Waals surface area (Å²) in [5.41, 5.74) is -0.787. The highest BCUT2D eigenvalue weighted by atomic mass is 19.4. The number of hydrogen-bond acceptors (Lipinski definition) is 5. The van der Waals surface area contributed by atoms with E-state index in [9.17, 15) is 18.0 Å². The highest BCUT2D eigenvalue weighted by molar-refractivity contribution is 5.60. The zero-order chi connectivity index (χ0) is 16.2. The molecule has 1 saturated heterocycles. The number of epoxide rings is 1. The maximum absolute atomic E-state index is 12.6. The van der Waals surface area contributed by atoms with E-state index in [1.54, 1.807) is 6.92 Å². The molecular formula is C14H15F3O5. The van der Waals surface area contributed by atoms with Crippen LogP contribution in [0.15, 0.2) is 24.3 Å². The van der Waals surface area contributed by atoms with E-state index in [2.05, 4.69) is 4.74 Å². The van der Waals surface area contributed by atoms with Gasteiger partial charge in [0.25, 0.3) is 0 Å². The number of benzene rings is 1. The highest BCUT2D eigenvalue weighted by Gasteiger charge is 2.49. The Balaban J connectivity index is 1.83. The fourth-order valence-electron chi connectivity index (χ4n) is 1.72. The van der Waals surface area contributed by atoms with Gasteiger partial charge in [-0.3, -0.25) is 0 Å². The normalized spacial score (nSPS) is 20.4. The molecule has 0 aromatic heterocycles. The minimum absolute atomic E-state index is 0.0424. The Labute approximate surface area is 124 Å². The van der Waals surface area contributed by atoms with Gasteiger partial charge < -0.3 is 18.9 Å². The summed E-state index contributed by atoms with van der Waals surface area (Å²) in [6, 6.07) is 4.55. The first-order valence-electron chi connectivity index (χ1n) is 6.64. The van der Waals surface area contributed by atoms with Gasteiger partial charge in [-0.2, -0.15) is 13.2 Å². The average molecular weight is 320 g/mol. The van der Waals surface area contributed by atoms with E-state index >= 15 is 0 Å². The molecule has 1 aliphatic rings. The minimum Gasteiger partial charge on any atom is -0.493 e. The summed E-state index contributed by atoms with van der Waals surface area (Å²) >= 11 is 0. The number of alkyl halides is 3. The van der Waals surface area contributed by atoms with Gasteiger partial charge in [0.2, 0.25) is 5.79 Å². The second kappa shape index (κ2) is 6.43. The van der Waals surface area contributed by atoms with Crippen LogP contribution in [0.5, 0.6) is 5.75 Å². The van der Waals surface area contributed by atoms with Crippen molar-refractivity contribution in [2.45, 2.75) is 25.3 Å². The fourth-order valence-corrected chi connectivity index (χ4v) is 1.72. The van der Waals surface area contributed by atoms with Gasteiger partial charge in [-0.1, -0.05) is 6.07 Å². The Kier molecular flexibility index (Phi) is 4.80. The topological polar surface area (TPSA) is 57.3 Å². The Hall–Kier alpha value is -1.96. The molecular weight excluding hydrogens is 305 g/mol. The van der Waals surface area contributed by atoms with Gasteiger partial charge in [0, 0.05) is 6.42 Å². The summed E-state index contributed by atoms with van der Waals surface area (Å²) in [5, 5.41) is 0. The smallest absolute Gasteiger partial charge is 0.493 e. The summed E-state index contributed by atoms with van der Waals surface area (Å²) in [4.78, 5) is 11.2. The van der Waals surface area contributed by atoms with Gasteiger partial charge >= 0.3 is 12.3 Å². The van der Waals surface area contributed by atoms with Gasteiger partial charge in [-0.25, -0.2) is 4.79 Å². The fraction of sp³-hybridized carbons (Fsp3) is 0.500. The molecule has 5 nitrogen and oxygen atoms in total. The maximum Gasteiger partial charge on any atom is 0.510 e. The van der Waals surface area contributed by atoms with Crippen LogP contribution in [-0.2, 0) is 20.4 Å². The van der Waals surface area contributed by atoms with Crippen molar-refractivity contribution in [3.63, 3.8) is 0 Å². The number of hydrogen-bond donors (Lipinski definition) is 0. The molecule has 0 spiro atoms. The molecule has 1 aliphatic heterocycles. The minimum atomic E-state index is -4.42. The van der Waals surface area contributed by atoms with E-state index < -0.39 is 23.7 Å². The zero-order valence-corrected chi connectivity index (χ0v) is 11.8. The van der Waals surface area contributed by atoms with Gasteiger partial charge in [-0.15, -0.1) is 0 Å². The lowest BCUT2D eigenvalue weighted by Crippen LogP contribution is -2.24. The quantitative estimate of drug-likeness (QED) is 0.594. The van der Waals surface area contributed by atoms with Crippen LogP contribution in [0.3, 0.4) is 0 Å². The number of carbonyl (C=O) groups excluding carboxylic acids is 1. The standard InChI is InChI=1S/C14H15F3O5/c1-2-19-12(18)22-13(9-21-13)6-7-20-11-5-3-4-10(8-11)14(15,16)17/h3-5,8H,2,6-7,9H2,1H3. The monoisotopic (exact) mass is 320 g/mol. The summed E-state index contributed by atoms with van der Waals surface area (Å²) in [7, 11) is 0. The van der Waals surface area contributed by atoms with Crippen molar-refractivity contribution in [3.8, 4) is 5.75 Å². The summed E-state index contributed by atoms with van der Waals surface area (Å²) < 4.78 is 57.6. The molecule has 8 heteroatoms. The van der Waals surface area contributed by atoms with Crippen LogP contribution in [-0.4, -0.2) is 31.8 Å². The molecule has 0 amide bonds. The summed E-state index contributed by atoms with van der Waals surface area (Å²) in [6.07, 6.45) is -5.07. The number of ether oxygens (including phenoxy) is 4. The first-order chi connectivity index (χ1) is 10.3.